The molecule has 4 aliphatic heterocycles. The number of benzene rings is 3. The lowest BCUT2D eigenvalue weighted by atomic mass is 9.94. The van der Waals surface area contributed by atoms with Crippen molar-refractivity contribution in [1.82, 2.24) is 29.5 Å². The molecule has 0 bridgehead atoms. The topological polar surface area (TPSA) is 196 Å². The van der Waals surface area contributed by atoms with Crippen LogP contribution in [0.5, 0.6) is 0 Å². The molecule has 5 N–H and O–H groups in total. The summed E-state index contributed by atoms with van der Waals surface area (Å²) in [6, 6.07) is 16.4. The van der Waals surface area contributed by atoms with Crippen molar-refractivity contribution >= 4 is 64.0 Å². The Morgan fingerprint density at radius 1 is 0.839 bits per heavy atom. The third-order valence-corrected chi connectivity index (χ3v) is 12.3. The fourth-order valence-electron chi connectivity index (χ4n) is 8.89. The number of urea groups is 1. The largest absolute Gasteiger partial charge is 0.371 e. The third kappa shape index (κ3) is 7.67. The van der Waals surface area contributed by atoms with Crippen molar-refractivity contribution in [2.75, 3.05) is 71.1 Å². The predicted octanol–water partition coefficient (Wildman–Crippen LogP) is 4.39. The van der Waals surface area contributed by atoms with E-state index in [0.29, 0.717) is 57.3 Å². The molecule has 3 fully saturated rings. The molecule has 6 amide bonds. The number of nitrogens with two attached hydrogens (primary N) is 1. The van der Waals surface area contributed by atoms with Gasteiger partial charge in [0.2, 0.25) is 11.8 Å². The second-order valence-corrected chi connectivity index (χ2v) is 16.2. The van der Waals surface area contributed by atoms with Crippen LogP contribution < -0.4 is 36.4 Å². The molecule has 3 saturated heterocycles. The van der Waals surface area contributed by atoms with E-state index in [1.807, 2.05) is 41.3 Å². The maximum atomic E-state index is 16.0. The Labute approximate surface area is 356 Å². The molecule has 0 saturated carbocycles. The summed E-state index contributed by atoms with van der Waals surface area (Å²) in [5.41, 5.74) is 11.0. The highest BCUT2D eigenvalue weighted by Gasteiger charge is 2.33. The van der Waals surface area contributed by atoms with Crippen LogP contribution in [-0.4, -0.2) is 99.7 Å². The maximum Gasteiger partial charge on any atom is 0.328 e. The number of rotatable bonds is 8. The van der Waals surface area contributed by atoms with Crippen LogP contribution in [-0.2, 0) is 29.6 Å². The molecule has 5 aromatic rings. The highest BCUT2D eigenvalue weighted by Crippen LogP contribution is 2.38. The van der Waals surface area contributed by atoms with Crippen LogP contribution >= 0.6 is 0 Å². The number of anilines is 6. The number of piperidine rings is 1. The van der Waals surface area contributed by atoms with Crippen LogP contribution in [0.4, 0.5) is 43.6 Å². The standard InChI is InChI=1S/C44H47FN12O5/c1-26-32(42(60)49-35-24-52(2)25-47-35)8-9-33(38(26)45)39-37(40(46)59)41-48-34-10-7-31(23-28(34)13-18-57(41)51-39)54-19-21-55(22-20-54)43(61)27-11-15-53(16-12-27)29-3-5-30(6-4-29)56-17-14-36(58)50-44(56)62/h3-10,23-25,27,48H,11-22H2,1-2H3,(H2,46,59)(H,49,60)(H,50,58,62). The summed E-state index contributed by atoms with van der Waals surface area (Å²) < 4.78 is 19.4. The Hall–Kier alpha value is -7.24. The van der Waals surface area contributed by atoms with Crippen LogP contribution in [0.1, 0.15) is 51.1 Å². The molecule has 0 aliphatic carbocycles. The lowest BCUT2D eigenvalue weighted by Gasteiger charge is -2.40. The van der Waals surface area contributed by atoms with Gasteiger partial charge in [-0.1, -0.05) is 0 Å². The molecule has 18 heteroatoms. The Kier molecular flexibility index (Phi) is 10.6. The molecule has 0 atom stereocenters. The molecule has 17 nitrogen and oxygen atoms in total. The van der Waals surface area contributed by atoms with Crippen molar-refractivity contribution in [3.8, 4) is 11.3 Å². The molecule has 0 radical (unpaired) electrons. The Balaban J connectivity index is 0.813. The zero-order valence-corrected chi connectivity index (χ0v) is 34.5. The second-order valence-electron chi connectivity index (χ2n) is 16.2. The fraction of sp³-hybridized carbons (Fsp3) is 0.341. The zero-order valence-electron chi connectivity index (χ0n) is 34.5. The van der Waals surface area contributed by atoms with Crippen molar-refractivity contribution < 1.29 is 28.4 Å². The number of nitrogens with one attached hydrogen (secondary N) is 3. The molecule has 0 unspecified atom stereocenters. The van der Waals surface area contributed by atoms with Crippen LogP contribution in [0.3, 0.4) is 0 Å². The smallest absolute Gasteiger partial charge is 0.328 e. The molecule has 4 aliphatic rings. The highest BCUT2D eigenvalue weighted by molar-refractivity contribution is 6.07. The minimum absolute atomic E-state index is 0.0356. The first-order valence-corrected chi connectivity index (χ1v) is 20.8. The number of hydrogen-bond acceptors (Lipinski definition) is 10. The van der Waals surface area contributed by atoms with Gasteiger partial charge in [0.05, 0.1) is 6.33 Å². The molecular weight excluding hydrogens is 796 g/mol. The van der Waals surface area contributed by atoms with E-state index in [1.54, 1.807) is 33.7 Å². The summed E-state index contributed by atoms with van der Waals surface area (Å²) in [5, 5.41) is 13.1. The van der Waals surface area contributed by atoms with Crippen molar-refractivity contribution in [2.24, 2.45) is 18.7 Å². The summed E-state index contributed by atoms with van der Waals surface area (Å²) in [7, 11) is 1.77. The SMILES string of the molecule is Cc1c(C(=O)Nc2cn(C)cn2)ccc(-c2nn3c(c2C(N)=O)Nc2ccc(N4CCN(C(=O)C5CCN(c6ccc(N7CCC(=O)NC7=O)cc6)CC5)CC4)cc2CC3)c1F. The van der Waals surface area contributed by atoms with E-state index in [2.05, 4.69) is 41.9 Å². The Bertz CT molecular complexity index is 2610. The van der Waals surface area contributed by atoms with Crippen molar-refractivity contribution in [1.29, 1.82) is 0 Å². The van der Waals surface area contributed by atoms with Gasteiger partial charge >= 0.3 is 6.03 Å². The molecule has 62 heavy (non-hydrogen) atoms. The van der Waals surface area contributed by atoms with Crippen molar-refractivity contribution in [3.05, 3.63) is 95.2 Å². The van der Waals surface area contributed by atoms with Gasteiger partial charge in [-0.05, 0) is 91.9 Å². The van der Waals surface area contributed by atoms with Gasteiger partial charge < -0.3 is 35.6 Å². The van der Waals surface area contributed by atoms with Gasteiger partial charge in [-0.3, -0.25) is 29.4 Å². The first kappa shape index (κ1) is 40.2. The van der Waals surface area contributed by atoms with Crippen LogP contribution in [0.15, 0.2) is 67.1 Å². The van der Waals surface area contributed by atoms with E-state index in [1.165, 1.54) is 19.1 Å². The monoisotopic (exact) mass is 842 g/mol. The number of primary amides is 1. The second kappa shape index (κ2) is 16.3. The highest BCUT2D eigenvalue weighted by atomic mass is 19.1. The number of fused-ring (bicyclic) bond motifs is 2. The Morgan fingerprint density at radius 2 is 1.55 bits per heavy atom. The van der Waals surface area contributed by atoms with Gasteiger partial charge in [0.15, 0.2) is 5.82 Å². The lowest BCUT2D eigenvalue weighted by Crippen LogP contribution is -2.51. The average molecular weight is 843 g/mol. The van der Waals surface area contributed by atoms with E-state index in [0.717, 1.165) is 54.2 Å². The molecular formula is C44H47FN12O5. The first-order valence-electron chi connectivity index (χ1n) is 20.8. The summed E-state index contributed by atoms with van der Waals surface area (Å²) in [6.07, 6.45) is 5.56. The van der Waals surface area contributed by atoms with E-state index in [9.17, 15) is 24.0 Å². The number of carbonyl (C=O) groups is 5. The minimum Gasteiger partial charge on any atom is -0.371 e. The number of imidazole rings is 1. The number of nitrogens with zero attached hydrogens (tertiary/aromatic N) is 8. The van der Waals surface area contributed by atoms with Crippen LogP contribution in [0, 0.1) is 18.7 Å². The first-order chi connectivity index (χ1) is 29.9. The number of imide groups is 1. The molecule has 3 aromatic carbocycles. The number of piperazine rings is 1. The number of aryl methyl sites for hydroxylation is 3. The van der Waals surface area contributed by atoms with Crippen LogP contribution in [0.2, 0.25) is 0 Å². The summed E-state index contributed by atoms with van der Waals surface area (Å²) in [6.45, 7) is 6.41. The minimum atomic E-state index is -0.766. The number of carbonyl (C=O) groups excluding carboxylic acids is 5. The van der Waals surface area contributed by atoms with E-state index < -0.39 is 23.7 Å². The van der Waals surface area contributed by atoms with Gasteiger partial charge in [-0.15, -0.1) is 0 Å². The maximum absolute atomic E-state index is 16.0. The zero-order chi connectivity index (χ0) is 43.2. The van der Waals surface area contributed by atoms with Gasteiger partial charge in [0, 0.05) is 112 Å². The quantitative estimate of drug-likeness (QED) is 0.174. The molecule has 320 valence electrons. The number of amides is 6. The van der Waals surface area contributed by atoms with E-state index in [-0.39, 0.29) is 52.1 Å². The molecule has 2 aromatic heterocycles. The third-order valence-electron chi connectivity index (χ3n) is 12.3. The fourth-order valence-corrected chi connectivity index (χ4v) is 8.89. The Morgan fingerprint density at radius 3 is 2.24 bits per heavy atom. The van der Waals surface area contributed by atoms with E-state index >= 15 is 4.39 Å². The van der Waals surface area contributed by atoms with Crippen LogP contribution in [0.25, 0.3) is 11.3 Å². The van der Waals surface area contributed by atoms with E-state index in [4.69, 9.17) is 5.73 Å². The average Bonchev–Trinajstić information content (AvgIpc) is 3.80. The normalized spacial score (nSPS) is 16.9. The van der Waals surface area contributed by atoms with Gasteiger partial charge in [-0.2, -0.15) is 5.10 Å². The summed E-state index contributed by atoms with van der Waals surface area (Å²) >= 11 is 0. The molecule has 9 rings (SSSR count). The number of halogens is 1. The number of aromatic nitrogens is 4. The van der Waals surface area contributed by atoms with Gasteiger partial charge in [0.1, 0.15) is 22.9 Å². The van der Waals surface area contributed by atoms with Gasteiger partial charge in [-0.25, -0.2) is 18.9 Å². The molecule has 0 spiro atoms. The summed E-state index contributed by atoms with van der Waals surface area (Å²) in [4.78, 5) is 75.6. The van der Waals surface area contributed by atoms with Crippen molar-refractivity contribution in [3.63, 3.8) is 0 Å². The molecule has 6 heterocycles. The van der Waals surface area contributed by atoms with Crippen molar-refractivity contribution in [2.45, 2.75) is 39.2 Å². The summed E-state index contributed by atoms with van der Waals surface area (Å²) in [5.74, 6) is -1.36. The number of hydrogen-bond donors (Lipinski definition) is 4. The predicted molar refractivity (Wildman–Crippen MR) is 231 cm³/mol. The van der Waals surface area contributed by atoms with Gasteiger partial charge in [0.25, 0.3) is 11.8 Å². The lowest BCUT2D eigenvalue weighted by molar-refractivity contribution is -0.136.